The summed E-state index contributed by atoms with van der Waals surface area (Å²) >= 11 is 3.35. The Morgan fingerprint density at radius 1 is 1.44 bits per heavy atom. The molecule has 0 aromatic heterocycles. The van der Waals surface area contributed by atoms with Gasteiger partial charge in [0.1, 0.15) is 6.04 Å². The number of halogens is 1. The SMILES string of the molecule is CC(=O)NC(CNc1cc(Br)ccc1C)C(=O)O. The minimum atomic E-state index is -1.06. The lowest BCUT2D eigenvalue weighted by atomic mass is 10.2. The molecule has 1 rings (SSSR count). The molecule has 0 aliphatic heterocycles. The summed E-state index contributed by atoms with van der Waals surface area (Å²) < 4.78 is 0.905. The molecule has 6 heteroatoms. The van der Waals surface area contributed by atoms with E-state index in [0.717, 1.165) is 15.7 Å². The first-order chi connectivity index (χ1) is 8.40. The van der Waals surface area contributed by atoms with Gasteiger partial charge in [-0.2, -0.15) is 0 Å². The van der Waals surface area contributed by atoms with Crippen molar-refractivity contribution >= 4 is 33.5 Å². The van der Waals surface area contributed by atoms with E-state index in [1.54, 1.807) is 0 Å². The molecule has 0 fully saturated rings. The van der Waals surface area contributed by atoms with E-state index in [0.29, 0.717) is 0 Å². The summed E-state index contributed by atoms with van der Waals surface area (Å²) in [6, 6.07) is 4.74. The summed E-state index contributed by atoms with van der Waals surface area (Å²) in [6.07, 6.45) is 0. The van der Waals surface area contributed by atoms with Crippen LogP contribution in [0.2, 0.25) is 0 Å². The number of hydrogen-bond acceptors (Lipinski definition) is 3. The smallest absolute Gasteiger partial charge is 0.328 e. The van der Waals surface area contributed by atoms with Gasteiger partial charge in [0.15, 0.2) is 0 Å². The molecule has 0 saturated carbocycles. The van der Waals surface area contributed by atoms with Gasteiger partial charge in [-0.3, -0.25) is 4.79 Å². The Morgan fingerprint density at radius 2 is 2.11 bits per heavy atom. The van der Waals surface area contributed by atoms with Crippen molar-refractivity contribution in [3.8, 4) is 0 Å². The number of carbonyl (C=O) groups is 2. The van der Waals surface area contributed by atoms with Gasteiger partial charge in [-0.25, -0.2) is 4.79 Å². The van der Waals surface area contributed by atoms with Crippen molar-refractivity contribution < 1.29 is 14.7 Å². The number of carboxylic acid groups (broad SMARTS) is 1. The van der Waals surface area contributed by atoms with Crippen LogP contribution in [0.4, 0.5) is 5.69 Å². The maximum atomic E-state index is 10.9. The molecule has 1 aromatic carbocycles. The number of carboxylic acids is 1. The summed E-state index contributed by atoms with van der Waals surface area (Å²) in [5, 5.41) is 14.3. The molecule has 0 aliphatic rings. The van der Waals surface area contributed by atoms with Crippen molar-refractivity contribution in [1.82, 2.24) is 5.32 Å². The van der Waals surface area contributed by atoms with Crippen LogP contribution in [0, 0.1) is 6.92 Å². The lowest BCUT2D eigenvalue weighted by Crippen LogP contribution is -2.44. The molecule has 1 aromatic rings. The molecule has 98 valence electrons. The van der Waals surface area contributed by atoms with E-state index in [-0.39, 0.29) is 12.5 Å². The highest BCUT2D eigenvalue weighted by atomic mass is 79.9. The number of carbonyl (C=O) groups excluding carboxylic acids is 1. The maximum Gasteiger partial charge on any atom is 0.328 e. The van der Waals surface area contributed by atoms with Crippen LogP contribution < -0.4 is 10.6 Å². The molecule has 0 saturated heterocycles. The first kappa shape index (κ1) is 14.5. The number of benzene rings is 1. The first-order valence-corrected chi connectivity index (χ1v) is 6.19. The van der Waals surface area contributed by atoms with Gasteiger partial charge in [0.2, 0.25) is 5.91 Å². The van der Waals surface area contributed by atoms with E-state index in [9.17, 15) is 9.59 Å². The Morgan fingerprint density at radius 3 is 2.67 bits per heavy atom. The largest absolute Gasteiger partial charge is 0.480 e. The van der Waals surface area contributed by atoms with Gasteiger partial charge in [0, 0.05) is 23.6 Å². The third-order valence-corrected chi connectivity index (χ3v) is 2.87. The number of anilines is 1. The molecular weight excluding hydrogens is 300 g/mol. The van der Waals surface area contributed by atoms with Gasteiger partial charge in [-0.15, -0.1) is 0 Å². The van der Waals surface area contributed by atoms with Crippen molar-refractivity contribution in [1.29, 1.82) is 0 Å². The lowest BCUT2D eigenvalue weighted by Gasteiger charge is -2.16. The molecule has 18 heavy (non-hydrogen) atoms. The van der Waals surface area contributed by atoms with Crippen molar-refractivity contribution in [2.45, 2.75) is 19.9 Å². The fourth-order valence-corrected chi connectivity index (χ4v) is 1.80. The zero-order chi connectivity index (χ0) is 13.7. The summed E-state index contributed by atoms with van der Waals surface area (Å²) in [6.45, 7) is 3.34. The highest BCUT2D eigenvalue weighted by molar-refractivity contribution is 9.10. The third-order valence-electron chi connectivity index (χ3n) is 2.37. The fourth-order valence-electron chi connectivity index (χ4n) is 1.44. The molecule has 1 amide bonds. The molecule has 1 unspecified atom stereocenters. The average molecular weight is 315 g/mol. The average Bonchev–Trinajstić information content (AvgIpc) is 2.27. The molecule has 0 aliphatic carbocycles. The summed E-state index contributed by atoms with van der Waals surface area (Å²) in [4.78, 5) is 21.8. The maximum absolute atomic E-state index is 10.9. The Hall–Kier alpha value is -1.56. The Kier molecular flexibility index (Phi) is 5.15. The van der Waals surface area contributed by atoms with E-state index in [4.69, 9.17) is 5.11 Å². The summed E-state index contributed by atoms with van der Waals surface area (Å²) in [7, 11) is 0. The zero-order valence-electron chi connectivity index (χ0n) is 10.2. The van der Waals surface area contributed by atoms with Crippen LogP contribution in [0.3, 0.4) is 0 Å². The second kappa shape index (κ2) is 6.39. The number of hydrogen-bond donors (Lipinski definition) is 3. The topological polar surface area (TPSA) is 78.4 Å². The quantitative estimate of drug-likeness (QED) is 0.774. The van der Waals surface area contributed by atoms with Gasteiger partial charge in [-0.1, -0.05) is 22.0 Å². The highest BCUT2D eigenvalue weighted by Crippen LogP contribution is 2.20. The van der Waals surface area contributed by atoms with Gasteiger partial charge in [-0.05, 0) is 24.6 Å². The van der Waals surface area contributed by atoms with E-state index in [1.165, 1.54) is 6.92 Å². The Balaban J connectivity index is 2.69. The van der Waals surface area contributed by atoms with Gasteiger partial charge >= 0.3 is 5.97 Å². The van der Waals surface area contributed by atoms with Gasteiger partial charge in [0.05, 0.1) is 0 Å². The van der Waals surface area contributed by atoms with Crippen LogP contribution in [-0.2, 0) is 9.59 Å². The van der Waals surface area contributed by atoms with Gasteiger partial charge < -0.3 is 15.7 Å². The first-order valence-electron chi connectivity index (χ1n) is 5.40. The molecule has 0 radical (unpaired) electrons. The van der Waals surface area contributed by atoms with Crippen LogP contribution >= 0.6 is 15.9 Å². The van der Waals surface area contributed by atoms with E-state index < -0.39 is 12.0 Å². The predicted molar refractivity (Wildman–Crippen MR) is 72.6 cm³/mol. The second-order valence-electron chi connectivity index (χ2n) is 3.93. The molecule has 1 atom stereocenters. The van der Waals surface area contributed by atoms with E-state index >= 15 is 0 Å². The van der Waals surface area contributed by atoms with Crippen LogP contribution in [-0.4, -0.2) is 29.6 Å². The highest BCUT2D eigenvalue weighted by Gasteiger charge is 2.18. The minimum absolute atomic E-state index is 0.131. The number of aryl methyl sites for hydroxylation is 1. The van der Waals surface area contributed by atoms with Crippen molar-refractivity contribution in [2.24, 2.45) is 0 Å². The summed E-state index contributed by atoms with van der Waals surface area (Å²) in [5.74, 6) is -1.43. The standard InChI is InChI=1S/C12H15BrN2O3/c1-7-3-4-9(13)5-10(7)14-6-11(12(17)18)15-8(2)16/h3-5,11,14H,6H2,1-2H3,(H,15,16)(H,17,18). The molecule has 3 N–H and O–H groups in total. The van der Waals surface area contributed by atoms with Crippen molar-refractivity contribution in [2.75, 3.05) is 11.9 Å². The zero-order valence-corrected chi connectivity index (χ0v) is 11.7. The predicted octanol–water partition coefficient (Wildman–Crippen LogP) is 1.76. The van der Waals surface area contributed by atoms with Crippen LogP contribution in [0.5, 0.6) is 0 Å². The van der Waals surface area contributed by atoms with Crippen LogP contribution in [0.1, 0.15) is 12.5 Å². The van der Waals surface area contributed by atoms with Crippen LogP contribution in [0.25, 0.3) is 0 Å². The molecule has 0 heterocycles. The van der Waals surface area contributed by atoms with E-state index in [2.05, 4.69) is 26.6 Å². The Bertz CT molecular complexity index is 463. The lowest BCUT2D eigenvalue weighted by molar-refractivity contribution is -0.141. The monoisotopic (exact) mass is 314 g/mol. The Labute approximate surface area is 114 Å². The van der Waals surface area contributed by atoms with Crippen molar-refractivity contribution in [3.05, 3.63) is 28.2 Å². The summed E-state index contributed by atoms with van der Waals surface area (Å²) in [5.41, 5.74) is 1.84. The van der Waals surface area contributed by atoms with Crippen molar-refractivity contribution in [3.63, 3.8) is 0 Å². The molecular formula is C12H15BrN2O3. The molecule has 0 spiro atoms. The number of amides is 1. The number of rotatable bonds is 5. The molecule has 0 bridgehead atoms. The number of nitrogens with one attached hydrogen (secondary N) is 2. The van der Waals surface area contributed by atoms with Crippen LogP contribution in [0.15, 0.2) is 22.7 Å². The second-order valence-corrected chi connectivity index (χ2v) is 4.85. The van der Waals surface area contributed by atoms with E-state index in [1.807, 2.05) is 25.1 Å². The van der Waals surface area contributed by atoms with Gasteiger partial charge in [0.25, 0.3) is 0 Å². The number of aliphatic carboxylic acids is 1. The molecule has 5 nitrogen and oxygen atoms in total. The third kappa shape index (κ3) is 4.37. The minimum Gasteiger partial charge on any atom is -0.480 e. The normalized spacial score (nSPS) is 11.7. The fraction of sp³-hybridized carbons (Fsp3) is 0.333.